The fourth-order valence-electron chi connectivity index (χ4n) is 1.75. The van der Waals surface area contributed by atoms with Crippen molar-refractivity contribution in [3.63, 3.8) is 0 Å². The lowest BCUT2D eigenvalue weighted by Crippen LogP contribution is -2.29. The topological polar surface area (TPSA) is 43.8 Å². The van der Waals surface area contributed by atoms with Crippen LogP contribution in [0.2, 0.25) is 5.15 Å². The number of rotatable bonds is 1. The third-order valence-electron chi connectivity index (χ3n) is 2.59. The van der Waals surface area contributed by atoms with Crippen LogP contribution in [0.1, 0.15) is 24.1 Å². The van der Waals surface area contributed by atoms with E-state index in [1.807, 2.05) is 14.0 Å². The quantitative estimate of drug-likeness (QED) is 0.771. The van der Waals surface area contributed by atoms with Crippen molar-refractivity contribution in [3.05, 3.63) is 22.0 Å². The molecule has 2 N–H and O–H groups in total. The van der Waals surface area contributed by atoms with Gasteiger partial charge in [-0.1, -0.05) is 23.3 Å². The Morgan fingerprint density at radius 2 is 2.21 bits per heavy atom. The highest BCUT2D eigenvalue weighted by Crippen LogP contribution is 2.30. The monoisotopic (exact) mass is 211 g/mol. The average Bonchev–Trinajstić information content (AvgIpc) is 2.29. The third-order valence-corrected chi connectivity index (χ3v) is 3.04. The minimum atomic E-state index is 0.344. The van der Waals surface area contributed by atoms with E-state index in [1.54, 1.807) is 4.68 Å². The Kier molecular flexibility index (Phi) is 2.37. The second-order valence-electron chi connectivity index (χ2n) is 3.88. The summed E-state index contributed by atoms with van der Waals surface area (Å²) in [6.07, 6.45) is 4.10. The molecule has 0 unspecified atom stereocenters. The predicted molar refractivity (Wildman–Crippen MR) is 58.1 cm³/mol. The molecular formula is C10H14ClN3. The second kappa shape index (κ2) is 3.41. The van der Waals surface area contributed by atoms with Crippen molar-refractivity contribution in [1.82, 2.24) is 9.78 Å². The maximum absolute atomic E-state index is 6.10. The van der Waals surface area contributed by atoms with Crippen LogP contribution >= 0.6 is 11.6 Å². The maximum atomic E-state index is 6.10. The number of hydrogen-bond donors (Lipinski definition) is 1. The molecular weight excluding hydrogens is 198 g/mol. The number of aromatic nitrogens is 2. The molecule has 1 aliphatic rings. The van der Waals surface area contributed by atoms with E-state index < -0.39 is 0 Å². The molecule has 0 saturated heterocycles. The smallest absolute Gasteiger partial charge is 0.134 e. The van der Waals surface area contributed by atoms with Crippen LogP contribution in [0.15, 0.2) is 5.57 Å². The first-order valence-electron chi connectivity index (χ1n) is 4.72. The van der Waals surface area contributed by atoms with E-state index in [2.05, 4.69) is 11.2 Å². The lowest BCUT2D eigenvalue weighted by Gasteiger charge is -2.25. The van der Waals surface area contributed by atoms with E-state index >= 15 is 0 Å². The molecule has 0 amide bonds. The van der Waals surface area contributed by atoms with Gasteiger partial charge in [0.2, 0.25) is 0 Å². The van der Waals surface area contributed by atoms with Crippen LogP contribution in [0.3, 0.4) is 0 Å². The Morgan fingerprint density at radius 3 is 2.64 bits per heavy atom. The molecule has 0 aromatic carbocycles. The Morgan fingerprint density at radius 1 is 1.57 bits per heavy atom. The van der Waals surface area contributed by atoms with Gasteiger partial charge in [-0.05, 0) is 19.8 Å². The summed E-state index contributed by atoms with van der Waals surface area (Å²) in [5.74, 6) is 0. The summed E-state index contributed by atoms with van der Waals surface area (Å²) in [5.41, 5.74) is 9.10. The van der Waals surface area contributed by atoms with E-state index in [9.17, 15) is 0 Å². The van der Waals surface area contributed by atoms with E-state index in [1.165, 1.54) is 5.57 Å². The van der Waals surface area contributed by atoms with Gasteiger partial charge in [-0.25, -0.2) is 0 Å². The molecule has 1 heterocycles. The number of nitrogens with zero attached hydrogens (tertiary/aromatic N) is 2. The summed E-state index contributed by atoms with van der Waals surface area (Å²) < 4.78 is 1.70. The van der Waals surface area contributed by atoms with E-state index in [0.29, 0.717) is 11.2 Å². The molecule has 1 aromatic rings. The molecule has 0 radical (unpaired) electrons. The highest BCUT2D eigenvalue weighted by Gasteiger charge is 2.20. The van der Waals surface area contributed by atoms with Gasteiger partial charge in [-0.2, -0.15) is 5.10 Å². The van der Waals surface area contributed by atoms with Crippen molar-refractivity contribution in [2.75, 3.05) is 0 Å². The van der Waals surface area contributed by atoms with Crippen LogP contribution in [0.4, 0.5) is 0 Å². The molecule has 1 saturated carbocycles. The first-order valence-corrected chi connectivity index (χ1v) is 5.10. The largest absolute Gasteiger partial charge is 0.327 e. The van der Waals surface area contributed by atoms with Crippen molar-refractivity contribution in [2.45, 2.75) is 25.8 Å². The molecule has 1 aromatic heterocycles. The van der Waals surface area contributed by atoms with Crippen molar-refractivity contribution < 1.29 is 0 Å². The average molecular weight is 212 g/mol. The Bertz CT molecular complexity index is 384. The first kappa shape index (κ1) is 9.74. The van der Waals surface area contributed by atoms with Crippen molar-refractivity contribution in [3.8, 4) is 0 Å². The fourth-order valence-corrected chi connectivity index (χ4v) is 1.98. The summed E-state index contributed by atoms with van der Waals surface area (Å²) >= 11 is 6.10. The molecule has 0 spiro atoms. The molecule has 0 aliphatic heterocycles. The summed E-state index contributed by atoms with van der Waals surface area (Å²) in [4.78, 5) is 0. The van der Waals surface area contributed by atoms with Crippen LogP contribution in [0.25, 0.3) is 6.08 Å². The van der Waals surface area contributed by atoms with E-state index in [4.69, 9.17) is 17.3 Å². The Labute approximate surface area is 88.5 Å². The standard InChI is InChI=1S/C10H14ClN3/c1-6-9(10(11)14(2)13-6)5-7-3-8(12)4-7/h5,8H,3-4,12H2,1-2H3. The SMILES string of the molecule is Cc1nn(C)c(Cl)c1C=C1CC(N)C1. The zero-order chi connectivity index (χ0) is 10.3. The first-order chi connectivity index (χ1) is 6.58. The lowest BCUT2D eigenvalue weighted by atomic mass is 9.86. The molecule has 2 rings (SSSR count). The molecule has 76 valence electrons. The number of nitrogens with two attached hydrogens (primary N) is 1. The van der Waals surface area contributed by atoms with Crippen molar-refractivity contribution in [2.24, 2.45) is 12.8 Å². The maximum Gasteiger partial charge on any atom is 0.134 e. The fraction of sp³-hybridized carbons (Fsp3) is 0.500. The van der Waals surface area contributed by atoms with Gasteiger partial charge in [0.15, 0.2) is 0 Å². The highest BCUT2D eigenvalue weighted by molar-refractivity contribution is 6.31. The van der Waals surface area contributed by atoms with Gasteiger partial charge in [0.25, 0.3) is 0 Å². The Balaban J connectivity index is 2.29. The summed E-state index contributed by atoms with van der Waals surface area (Å²) in [6.45, 7) is 1.97. The third kappa shape index (κ3) is 1.57. The minimum Gasteiger partial charge on any atom is -0.327 e. The molecule has 4 heteroatoms. The zero-order valence-corrected chi connectivity index (χ0v) is 9.17. The summed E-state index contributed by atoms with van der Waals surface area (Å²) in [6, 6.07) is 0.344. The van der Waals surface area contributed by atoms with Gasteiger partial charge in [0.1, 0.15) is 5.15 Å². The number of hydrogen-bond acceptors (Lipinski definition) is 2. The van der Waals surface area contributed by atoms with Crippen molar-refractivity contribution >= 4 is 17.7 Å². The van der Waals surface area contributed by atoms with Gasteiger partial charge in [-0.15, -0.1) is 0 Å². The van der Waals surface area contributed by atoms with Gasteiger partial charge < -0.3 is 5.73 Å². The lowest BCUT2D eigenvalue weighted by molar-refractivity contribution is 0.547. The molecule has 14 heavy (non-hydrogen) atoms. The minimum absolute atomic E-state index is 0.344. The van der Waals surface area contributed by atoms with Gasteiger partial charge >= 0.3 is 0 Å². The van der Waals surface area contributed by atoms with E-state index in [0.717, 1.165) is 24.1 Å². The van der Waals surface area contributed by atoms with Crippen LogP contribution in [-0.4, -0.2) is 15.8 Å². The highest BCUT2D eigenvalue weighted by atomic mass is 35.5. The molecule has 3 nitrogen and oxygen atoms in total. The van der Waals surface area contributed by atoms with Crippen LogP contribution < -0.4 is 5.73 Å². The molecule has 1 fully saturated rings. The van der Waals surface area contributed by atoms with Gasteiger partial charge in [-0.3, -0.25) is 4.68 Å². The van der Waals surface area contributed by atoms with Gasteiger partial charge in [0.05, 0.1) is 5.69 Å². The molecule has 0 atom stereocenters. The normalized spacial score (nSPS) is 20.9. The molecule has 1 aliphatic carbocycles. The second-order valence-corrected chi connectivity index (χ2v) is 4.24. The summed E-state index contributed by atoms with van der Waals surface area (Å²) in [7, 11) is 1.85. The number of aryl methyl sites for hydroxylation is 2. The van der Waals surface area contributed by atoms with E-state index in [-0.39, 0.29) is 0 Å². The zero-order valence-electron chi connectivity index (χ0n) is 8.42. The van der Waals surface area contributed by atoms with Crippen LogP contribution in [-0.2, 0) is 7.05 Å². The predicted octanol–water partition coefficient (Wildman–Crippen LogP) is 1.89. The van der Waals surface area contributed by atoms with Crippen LogP contribution in [0.5, 0.6) is 0 Å². The molecule has 0 bridgehead atoms. The Hall–Kier alpha value is -0.800. The van der Waals surface area contributed by atoms with Crippen LogP contribution in [0, 0.1) is 6.92 Å². The van der Waals surface area contributed by atoms with Crippen molar-refractivity contribution in [1.29, 1.82) is 0 Å². The van der Waals surface area contributed by atoms with Gasteiger partial charge in [0, 0.05) is 18.7 Å². The number of halogens is 1. The summed E-state index contributed by atoms with van der Waals surface area (Å²) in [5, 5.41) is 4.95.